The SMILES string of the molecule is Cc1ccc(N(C2=CCC(C)C=C2)C2=CC=C(N(c3ccc(C)cc3)c3ccc(-c4ccc(N(c5ccc(C)cc5)c5ccc(N(c6ccc(C)cc6)c6ccc(C)cc6)cc5)cc4)cc3)CC2)cc1. The molecule has 0 amide bonds. The Kier molecular flexibility index (Phi) is 13.2. The first-order chi connectivity index (χ1) is 34.1. The van der Waals surface area contributed by atoms with E-state index in [1.807, 2.05) is 0 Å². The van der Waals surface area contributed by atoms with Gasteiger partial charge in [-0.05, 0) is 198 Å². The van der Waals surface area contributed by atoms with Crippen LogP contribution in [0.25, 0.3) is 11.1 Å². The van der Waals surface area contributed by atoms with Crippen LogP contribution in [0.2, 0.25) is 0 Å². The third-order valence-electron chi connectivity index (χ3n) is 13.6. The summed E-state index contributed by atoms with van der Waals surface area (Å²) < 4.78 is 0. The number of hydrogen-bond acceptors (Lipinski definition) is 4. The molecule has 8 aromatic carbocycles. The fourth-order valence-corrected chi connectivity index (χ4v) is 9.55. The van der Waals surface area contributed by atoms with Gasteiger partial charge in [-0.3, -0.25) is 0 Å². The average molecular weight is 911 g/mol. The topological polar surface area (TPSA) is 13.0 Å². The molecule has 1 atom stereocenters. The lowest BCUT2D eigenvalue weighted by atomic mass is 9.98. The van der Waals surface area contributed by atoms with Gasteiger partial charge in [0.2, 0.25) is 0 Å². The van der Waals surface area contributed by atoms with Gasteiger partial charge in [-0.1, -0.05) is 132 Å². The van der Waals surface area contributed by atoms with E-state index < -0.39 is 0 Å². The predicted octanol–water partition coefficient (Wildman–Crippen LogP) is 18.5. The van der Waals surface area contributed by atoms with Gasteiger partial charge in [0.15, 0.2) is 0 Å². The van der Waals surface area contributed by atoms with Gasteiger partial charge >= 0.3 is 0 Å². The number of hydrogen-bond donors (Lipinski definition) is 0. The third-order valence-corrected chi connectivity index (χ3v) is 13.6. The van der Waals surface area contributed by atoms with E-state index >= 15 is 0 Å². The van der Waals surface area contributed by atoms with Crippen molar-refractivity contribution in [1.29, 1.82) is 0 Å². The minimum Gasteiger partial charge on any atom is -0.315 e. The van der Waals surface area contributed by atoms with E-state index in [0.717, 1.165) is 64.8 Å². The van der Waals surface area contributed by atoms with Gasteiger partial charge in [-0.2, -0.15) is 0 Å². The van der Waals surface area contributed by atoms with Crippen molar-refractivity contribution in [1.82, 2.24) is 0 Å². The molecule has 0 N–H and O–H groups in total. The van der Waals surface area contributed by atoms with Gasteiger partial charge in [0.1, 0.15) is 0 Å². The van der Waals surface area contributed by atoms with Crippen LogP contribution in [0.3, 0.4) is 0 Å². The highest BCUT2D eigenvalue weighted by molar-refractivity contribution is 5.83. The molecule has 0 saturated carbocycles. The number of anilines is 9. The molecule has 10 rings (SSSR count). The highest BCUT2D eigenvalue weighted by atomic mass is 15.2. The summed E-state index contributed by atoms with van der Waals surface area (Å²) in [5, 5.41) is 0. The molecule has 1 unspecified atom stereocenters. The zero-order valence-electron chi connectivity index (χ0n) is 41.3. The maximum absolute atomic E-state index is 2.45. The van der Waals surface area contributed by atoms with Crippen molar-refractivity contribution in [2.45, 2.75) is 60.8 Å². The molecule has 0 heterocycles. The molecule has 2 aliphatic rings. The maximum Gasteiger partial charge on any atom is 0.0463 e. The number of aryl methyl sites for hydroxylation is 5. The van der Waals surface area contributed by atoms with Crippen molar-refractivity contribution in [3.05, 3.63) is 269 Å². The molecule has 346 valence electrons. The molecule has 4 heteroatoms. The first-order valence-corrected chi connectivity index (χ1v) is 24.8. The summed E-state index contributed by atoms with van der Waals surface area (Å²) in [4.78, 5) is 9.56. The van der Waals surface area contributed by atoms with E-state index in [9.17, 15) is 0 Å². The largest absolute Gasteiger partial charge is 0.315 e. The Bertz CT molecular complexity index is 3130. The van der Waals surface area contributed by atoms with Crippen LogP contribution in [-0.2, 0) is 0 Å². The molecular weight excluding hydrogens is 849 g/mol. The highest BCUT2D eigenvalue weighted by Crippen LogP contribution is 2.42. The monoisotopic (exact) mass is 910 g/mol. The predicted molar refractivity (Wildman–Crippen MR) is 299 cm³/mol. The van der Waals surface area contributed by atoms with Crippen molar-refractivity contribution in [3.8, 4) is 11.1 Å². The van der Waals surface area contributed by atoms with Crippen molar-refractivity contribution < 1.29 is 0 Å². The van der Waals surface area contributed by atoms with Crippen molar-refractivity contribution in [2.24, 2.45) is 5.92 Å². The van der Waals surface area contributed by atoms with E-state index in [1.54, 1.807) is 0 Å². The first kappa shape index (κ1) is 45.7. The molecule has 2 aliphatic carbocycles. The Hall–Kier alpha value is -8.08. The van der Waals surface area contributed by atoms with E-state index in [-0.39, 0.29) is 0 Å². The molecular formula is C66H62N4. The summed E-state index contributed by atoms with van der Waals surface area (Å²) in [7, 11) is 0. The summed E-state index contributed by atoms with van der Waals surface area (Å²) in [5.74, 6) is 0.556. The molecule has 70 heavy (non-hydrogen) atoms. The normalized spacial score (nSPS) is 14.3. The summed E-state index contributed by atoms with van der Waals surface area (Å²) in [5.41, 5.74) is 22.6. The van der Waals surface area contributed by atoms with Crippen LogP contribution in [0.4, 0.5) is 51.2 Å². The Balaban J connectivity index is 0.939. The van der Waals surface area contributed by atoms with Gasteiger partial charge in [0.25, 0.3) is 0 Å². The van der Waals surface area contributed by atoms with Crippen LogP contribution >= 0.6 is 0 Å². The number of rotatable bonds is 13. The summed E-state index contributed by atoms with van der Waals surface area (Å²) in [6.45, 7) is 13.0. The average Bonchev–Trinajstić information content (AvgIpc) is 3.39. The molecule has 0 saturated heterocycles. The standard InChI is InChI=1S/C66H62N4/c1-47-7-23-55(24-8-47)67(56-25-9-48(2)10-26-56)63-39-43-65(44-40-63)69(59-31-15-51(5)16-32-59)61-35-19-53(20-36-61)54-21-37-62(38-22-54)70(60-33-17-52(6)18-34-60)66-45-41-64(42-46-66)68(57-27-11-49(3)12-28-57)58-29-13-50(4)14-30-58/h7-13,15-41,43-45,50H,14,42,46H2,1-6H3. The van der Waals surface area contributed by atoms with Crippen LogP contribution in [0.5, 0.6) is 0 Å². The number of benzene rings is 8. The first-order valence-electron chi connectivity index (χ1n) is 24.8. The zero-order valence-corrected chi connectivity index (χ0v) is 41.3. The molecule has 0 aromatic heterocycles. The number of allylic oxidation sites excluding steroid dienone is 7. The van der Waals surface area contributed by atoms with Gasteiger partial charge in [0.05, 0.1) is 0 Å². The number of nitrogens with zero attached hydrogens (tertiary/aromatic N) is 4. The van der Waals surface area contributed by atoms with Crippen LogP contribution in [0.1, 0.15) is 54.0 Å². The lowest BCUT2D eigenvalue weighted by Gasteiger charge is -2.34. The second-order valence-electron chi connectivity index (χ2n) is 19.1. The second kappa shape index (κ2) is 20.3. The smallest absolute Gasteiger partial charge is 0.0463 e. The van der Waals surface area contributed by atoms with E-state index in [4.69, 9.17) is 0 Å². The molecule has 0 fully saturated rings. The minimum atomic E-state index is 0.556. The van der Waals surface area contributed by atoms with Gasteiger partial charge in [-0.15, -0.1) is 0 Å². The van der Waals surface area contributed by atoms with Crippen LogP contribution in [-0.4, -0.2) is 0 Å². The molecule has 8 aromatic rings. The maximum atomic E-state index is 2.45. The Morgan fingerprint density at radius 2 is 0.571 bits per heavy atom. The summed E-state index contributed by atoms with van der Waals surface area (Å²) in [6, 6.07) is 71.2. The van der Waals surface area contributed by atoms with E-state index in [2.05, 4.69) is 286 Å². The van der Waals surface area contributed by atoms with Crippen LogP contribution < -0.4 is 19.6 Å². The fraction of sp³-hybridized carbons (Fsp3) is 0.152. The fourth-order valence-electron chi connectivity index (χ4n) is 9.55. The summed E-state index contributed by atoms with van der Waals surface area (Å²) >= 11 is 0. The third kappa shape index (κ3) is 10.0. The zero-order chi connectivity index (χ0) is 48.1. The Labute approximate surface area is 416 Å². The van der Waals surface area contributed by atoms with E-state index in [1.165, 1.54) is 61.7 Å². The lowest BCUT2D eigenvalue weighted by molar-refractivity contribution is 0.724. The van der Waals surface area contributed by atoms with E-state index in [0.29, 0.717) is 5.92 Å². The van der Waals surface area contributed by atoms with Crippen LogP contribution in [0.15, 0.2) is 242 Å². The summed E-state index contributed by atoms with van der Waals surface area (Å²) in [6.07, 6.45) is 14.6. The van der Waals surface area contributed by atoms with Gasteiger partial charge < -0.3 is 19.6 Å². The minimum absolute atomic E-state index is 0.556. The molecule has 0 aliphatic heterocycles. The van der Waals surface area contributed by atoms with Crippen molar-refractivity contribution >= 4 is 51.2 Å². The van der Waals surface area contributed by atoms with Gasteiger partial charge in [0, 0.05) is 68.3 Å². The van der Waals surface area contributed by atoms with Crippen molar-refractivity contribution in [2.75, 3.05) is 19.6 Å². The Morgan fingerprint density at radius 3 is 0.857 bits per heavy atom. The van der Waals surface area contributed by atoms with Crippen LogP contribution in [0, 0.1) is 40.5 Å². The highest BCUT2D eigenvalue weighted by Gasteiger charge is 2.24. The molecule has 0 spiro atoms. The molecule has 4 nitrogen and oxygen atoms in total. The lowest BCUT2D eigenvalue weighted by Crippen LogP contribution is -2.25. The second-order valence-corrected chi connectivity index (χ2v) is 19.1. The van der Waals surface area contributed by atoms with Gasteiger partial charge in [-0.25, -0.2) is 0 Å². The Morgan fingerprint density at radius 1 is 0.314 bits per heavy atom. The quantitative estimate of drug-likeness (QED) is 0.114. The molecule has 0 bridgehead atoms. The van der Waals surface area contributed by atoms with Crippen molar-refractivity contribution in [3.63, 3.8) is 0 Å². The molecule has 0 radical (unpaired) electrons.